The molecule has 0 unspecified atom stereocenters. The predicted octanol–water partition coefficient (Wildman–Crippen LogP) is 1.17. The molecule has 0 aromatic heterocycles. The molecule has 0 aliphatic carbocycles. The summed E-state index contributed by atoms with van der Waals surface area (Å²) in [6.07, 6.45) is 2.53. The van der Waals surface area contributed by atoms with Gasteiger partial charge in [-0.15, -0.1) is 0 Å². The smallest absolute Gasteiger partial charge is 0.330 e. The van der Waals surface area contributed by atoms with Crippen LogP contribution in [0.15, 0.2) is 24.3 Å². The number of carbonyl (C=O) groups excluding carboxylic acids is 2. The number of nitrogens with two attached hydrogens (primary N) is 1. The normalized spacial score (nSPS) is 7.64. The molecule has 0 fully saturated rings. The van der Waals surface area contributed by atoms with Crippen LogP contribution in [0.1, 0.15) is 20.8 Å². The van der Waals surface area contributed by atoms with Crippen LogP contribution in [0.25, 0.3) is 0 Å². The molecule has 80 valence electrons. The fraction of sp³-hybridized carbons (Fsp3) is 0.400. The maximum atomic E-state index is 10.1. The van der Waals surface area contributed by atoms with Crippen molar-refractivity contribution in [1.29, 1.82) is 0 Å². The molecule has 0 bridgehead atoms. The van der Waals surface area contributed by atoms with Crippen LogP contribution in [0.3, 0.4) is 0 Å². The molecule has 0 heterocycles. The molecule has 0 aliphatic heterocycles. The molecule has 14 heavy (non-hydrogen) atoms. The number of amides is 1. The van der Waals surface area contributed by atoms with E-state index in [4.69, 9.17) is 5.73 Å². The van der Waals surface area contributed by atoms with Crippen molar-refractivity contribution in [3.8, 4) is 0 Å². The van der Waals surface area contributed by atoms with Crippen LogP contribution in [0.2, 0.25) is 0 Å². The first kappa shape index (κ1) is 14.9. The summed E-state index contributed by atoms with van der Waals surface area (Å²) in [4.78, 5) is 20.0. The molecule has 0 saturated heterocycles. The highest BCUT2D eigenvalue weighted by molar-refractivity contribution is 5.86. The fourth-order valence-corrected chi connectivity index (χ4v) is 0.486. The third-order valence-corrected chi connectivity index (χ3v) is 0.884. The molecular formula is C10H17NO3. The molecular weight excluding hydrogens is 182 g/mol. The summed E-state index contributed by atoms with van der Waals surface area (Å²) in [5.41, 5.74) is 5.72. The molecule has 0 saturated carbocycles. The van der Waals surface area contributed by atoms with Gasteiger partial charge in [0.1, 0.15) is 0 Å². The van der Waals surface area contributed by atoms with E-state index in [2.05, 4.69) is 11.3 Å². The summed E-state index contributed by atoms with van der Waals surface area (Å²) in [5, 5.41) is 0. The number of hydrogen-bond donors (Lipinski definition) is 1. The van der Waals surface area contributed by atoms with Crippen molar-refractivity contribution in [2.24, 2.45) is 5.73 Å². The van der Waals surface area contributed by atoms with Gasteiger partial charge in [-0.25, -0.2) is 4.79 Å². The average molecular weight is 199 g/mol. The molecule has 0 spiro atoms. The molecule has 0 atom stereocenters. The van der Waals surface area contributed by atoms with Gasteiger partial charge in [0.25, 0.3) is 0 Å². The lowest BCUT2D eigenvalue weighted by molar-refractivity contribution is -0.137. The van der Waals surface area contributed by atoms with Crippen molar-refractivity contribution in [2.75, 3.05) is 6.61 Å². The zero-order valence-electron chi connectivity index (χ0n) is 8.87. The minimum Gasteiger partial charge on any atom is -0.463 e. The number of carbonyl (C=O) groups is 2. The van der Waals surface area contributed by atoms with Gasteiger partial charge in [0.15, 0.2) is 0 Å². The van der Waals surface area contributed by atoms with Gasteiger partial charge < -0.3 is 10.5 Å². The first-order valence-electron chi connectivity index (χ1n) is 4.17. The quantitative estimate of drug-likeness (QED) is 0.548. The Morgan fingerprint density at radius 2 is 1.93 bits per heavy atom. The molecule has 0 rings (SSSR count). The van der Waals surface area contributed by atoms with Crippen LogP contribution in [0.4, 0.5) is 0 Å². The summed E-state index contributed by atoms with van der Waals surface area (Å²) in [5.74, 6) is -0.734. The van der Waals surface area contributed by atoms with Crippen LogP contribution in [-0.4, -0.2) is 18.5 Å². The number of allylic oxidation sites excluding steroid dienone is 1. The van der Waals surface area contributed by atoms with Crippen molar-refractivity contribution >= 4 is 11.9 Å². The predicted molar refractivity (Wildman–Crippen MR) is 55.5 cm³/mol. The second-order valence-corrected chi connectivity index (χ2v) is 2.58. The van der Waals surface area contributed by atoms with Crippen molar-refractivity contribution < 1.29 is 14.3 Å². The number of primary amides is 1. The lowest BCUT2D eigenvalue weighted by atomic mass is 10.3. The van der Waals surface area contributed by atoms with E-state index in [1.807, 2.05) is 13.8 Å². The Balaban J connectivity index is 0. The van der Waals surface area contributed by atoms with Crippen LogP contribution < -0.4 is 5.73 Å². The summed E-state index contributed by atoms with van der Waals surface area (Å²) >= 11 is 0. The highest BCUT2D eigenvalue weighted by Crippen LogP contribution is 1.84. The summed E-state index contributed by atoms with van der Waals surface area (Å²) in [7, 11) is 0. The van der Waals surface area contributed by atoms with Crippen LogP contribution in [0, 0.1) is 0 Å². The van der Waals surface area contributed by atoms with Crippen molar-refractivity contribution in [3.05, 3.63) is 24.3 Å². The molecule has 1 amide bonds. The maximum absolute atomic E-state index is 10.1. The van der Waals surface area contributed by atoms with Crippen molar-refractivity contribution in [3.63, 3.8) is 0 Å². The molecule has 0 aliphatic rings. The lowest BCUT2D eigenvalue weighted by Crippen LogP contribution is -2.05. The lowest BCUT2D eigenvalue weighted by Gasteiger charge is -1.90. The monoisotopic (exact) mass is 199 g/mol. The Labute approximate surface area is 84.4 Å². The number of hydrogen-bond acceptors (Lipinski definition) is 3. The van der Waals surface area contributed by atoms with Gasteiger partial charge in [0.2, 0.25) is 5.91 Å². The number of rotatable bonds is 3. The van der Waals surface area contributed by atoms with Gasteiger partial charge in [-0.3, -0.25) is 4.79 Å². The average Bonchev–Trinajstić information content (AvgIpc) is 2.03. The molecule has 0 radical (unpaired) electrons. The van der Waals surface area contributed by atoms with Gasteiger partial charge in [0, 0.05) is 12.2 Å². The third kappa shape index (κ3) is 16.8. The van der Waals surface area contributed by atoms with Gasteiger partial charge >= 0.3 is 5.97 Å². The molecule has 2 N–H and O–H groups in total. The zero-order valence-corrected chi connectivity index (χ0v) is 8.87. The van der Waals surface area contributed by atoms with Crippen LogP contribution >= 0.6 is 0 Å². The van der Waals surface area contributed by atoms with E-state index < -0.39 is 0 Å². The van der Waals surface area contributed by atoms with Gasteiger partial charge in [-0.05, 0) is 20.8 Å². The first-order chi connectivity index (χ1) is 6.43. The van der Waals surface area contributed by atoms with E-state index in [1.165, 1.54) is 6.08 Å². The summed E-state index contributed by atoms with van der Waals surface area (Å²) in [6, 6.07) is 0. The standard InChI is InChI=1S/C5H9NO.C5H8O2/c1-4(2)3-5(6)7;1-3-5(6)7-4-2/h3H,1-2H3,(H2,6,7);3H,1,4H2,2H3. The van der Waals surface area contributed by atoms with E-state index >= 15 is 0 Å². The van der Waals surface area contributed by atoms with Gasteiger partial charge in [-0.1, -0.05) is 12.2 Å². The van der Waals surface area contributed by atoms with Crippen LogP contribution in [-0.2, 0) is 14.3 Å². The first-order valence-corrected chi connectivity index (χ1v) is 4.17. The largest absolute Gasteiger partial charge is 0.463 e. The van der Waals surface area contributed by atoms with E-state index in [-0.39, 0.29) is 11.9 Å². The molecule has 0 aromatic carbocycles. The van der Waals surface area contributed by atoms with E-state index in [0.717, 1.165) is 11.6 Å². The fourth-order valence-electron chi connectivity index (χ4n) is 0.486. The Bertz CT molecular complexity index is 228. The SMILES string of the molecule is C=CC(=O)OCC.CC(C)=CC(N)=O. The summed E-state index contributed by atoms with van der Waals surface area (Å²) < 4.78 is 4.43. The Morgan fingerprint density at radius 1 is 1.43 bits per heavy atom. The molecule has 4 nitrogen and oxygen atoms in total. The second-order valence-electron chi connectivity index (χ2n) is 2.58. The van der Waals surface area contributed by atoms with E-state index in [0.29, 0.717) is 6.61 Å². The second kappa shape index (κ2) is 9.51. The Kier molecular flexibility index (Phi) is 10.1. The highest BCUT2D eigenvalue weighted by atomic mass is 16.5. The zero-order chi connectivity index (χ0) is 11.6. The van der Waals surface area contributed by atoms with Crippen LogP contribution in [0.5, 0.6) is 0 Å². The van der Waals surface area contributed by atoms with E-state index in [1.54, 1.807) is 6.92 Å². The minimum absolute atomic E-state index is 0.359. The number of ether oxygens (including phenoxy) is 1. The third-order valence-electron chi connectivity index (χ3n) is 0.884. The number of esters is 1. The Hall–Kier alpha value is -1.58. The van der Waals surface area contributed by atoms with Crippen molar-refractivity contribution in [2.45, 2.75) is 20.8 Å². The minimum atomic E-state index is -0.375. The van der Waals surface area contributed by atoms with Crippen molar-refractivity contribution in [1.82, 2.24) is 0 Å². The van der Waals surface area contributed by atoms with Gasteiger partial charge in [-0.2, -0.15) is 0 Å². The molecule has 4 heteroatoms. The summed E-state index contributed by atoms with van der Waals surface area (Å²) in [6.45, 7) is 9.03. The maximum Gasteiger partial charge on any atom is 0.330 e. The topological polar surface area (TPSA) is 69.4 Å². The highest BCUT2D eigenvalue weighted by Gasteiger charge is 1.86. The van der Waals surface area contributed by atoms with Gasteiger partial charge in [0.05, 0.1) is 6.61 Å². The molecule has 0 aromatic rings. The Morgan fingerprint density at radius 3 is 2.00 bits per heavy atom. The van der Waals surface area contributed by atoms with E-state index in [9.17, 15) is 9.59 Å².